The van der Waals surface area contributed by atoms with E-state index in [1.165, 1.54) is 18.4 Å². The Morgan fingerprint density at radius 1 is 1.40 bits per heavy atom. The number of hydrogen-bond donors (Lipinski definition) is 1. The molecule has 0 bridgehead atoms. The van der Waals surface area contributed by atoms with Crippen LogP contribution in [-0.2, 0) is 11.2 Å². The van der Waals surface area contributed by atoms with Crippen LogP contribution in [0.4, 0.5) is 0 Å². The minimum Gasteiger partial charge on any atom is -0.493 e. The first kappa shape index (κ1) is 13.5. The Bertz CT molecular complexity index is 494. The first-order chi connectivity index (χ1) is 9.75. The molecule has 3 heteroatoms. The Labute approximate surface area is 120 Å². The van der Waals surface area contributed by atoms with E-state index in [0.717, 1.165) is 31.6 Å². The lowest BCUT2D eigenvalue weighted by Crippen LogP contribution is -2.27. The minimum atomic E-state index is 0.259. The van der Waals surface area contributed by atoms with Gasteiger partial charge in [-0.3, -0.25) is 4.79 Å². The first-order valence-corrected chi connectivity index (χ1v) is 7.73. The summed E-state index contributed by atoms with van der Waals surface area (Å²) >= 11 is 0. The van der Waals surface area contributed by atoms with Crippen molar-refractivity contribution in [2.24, 2.45) is 11.3 Å². The van der Waals surface area contributed by atoms with Crippen molar-refractivity contribution in [3.05, 3.63) is 29.8 Å². The van der Waals surface area contributed by atoms with Gasteiger partial charge in [-0.2, -0.15) is 0 Å². The highest BCUT2D eigenvalue weighted by molar-refractivity contribution is 5.83. The van der Waals surface area contributed by atoms with Gasteiger partial charge in [0, 0.05) is 12.5 Å². The fraction of sp³-hybridized carbons (Fsp3) is 0.588. The molecule has 2 aliphatic rings. The average Bonchev–Trinajstić information content (AvgIpc) is 3.38. The lowest BCUT2D eigenvalue weighted by Gasteiger charge is -2.11. The molecule has 0 aromatic heterocycles. The molecule has 0 aliphatic heterocycles. The van der Waals surface area contributed by atoms with Crippen LogP contribution in [0.3, 0.4) is 0 Å². The number of benzene rings is 1. The van der Waals surface area contributed by atoms with Gasteiger partial charge in [-0.1, -0.05) is 25.1 Å². The van der Waals surface area contributed by atoms with Crippen LogP contribution in [0.25, 0.3) is 0 Å². The summed E-state index contributed by atoms with van der Waals surface area (Å²) in [5.41, 5.74) is 1.63. The van der Waals surface area contributed by atoms with Gasteiger partial charge in [-0.25, -0.2) is 0 Å². The molecule has 2 fully saturated rings. The van der Waals surface area contributed by atoms with E-state index in [9.17, 15) is 4.79 Å². The molecule has 3 nitrogen and oxygen atoms in total. The number of hydrogen-bond acceptors (Lipinski definition) is 2. The summed E-state index contributed by atoms with van der Waals surface area (Å²) < 4.78 is 5.73. The average molecular weight is 273 g/mol. The highest BCUT2D eigenvalue weighted by Gasteiger charge is 2.65. The highest BCUT2D eigenvalue weighted by atomic mass is 16.5. The minimum absolute atomic E-state index is 0.259. The van der Waals surface area contributed by atoms with E-state index < -0.39 is 0 Å². The molecule has 0 radical (unpaired) electrons. The molecule has 2 saturated carbocycles. The zero-order valence-electron chi connectivity index (χ0n) is 12.2. The highest BCUT2D eigenvalue weighted by Crippen LogP contribution is 2.70. The number of para-hydroxylation sites is 1. The third kappa shape index (κ3) is 2.82. The quantitative estimate of drug-likeness (QED) is 0.829. The van der Waals surface area contributed by atoms with Crippen molar-refractivity contribution in [2.75, 3.05) is 13.2 Å². The number of carbonyl (C=O) groups is 1. The number of nitrogens with one attached hydrogen (secondary N) is 1. The van der Waals surface area contributed by atoms with Crippen LogP contribution in [0.1, 0.15) is 38.2 Å². The Hall–Kier alpha value is -1.51. The molecule has 1 atom stereocenters. The van der Waals surface area contributed by atoms with E-state index in [2.05, 4.69) is 18.3 Å². The van der Waals surface area contributed by atoms with Crippen molar-refractivity contribution in [3.63, 3.8) is 0 Å². The first-order valence-electron chi connectivity index (χ1n) is 7.73. The molecule has 0 heterocycles. The topological polar surface area (TPSA) is 38.3 Å². The molecule has 1 spiro atoms. The van der Waals surface area contributed by atoms with Crippen LogP contribution >= 0.6 is 0 Å². The van der Waals surface area contributed by atoms with Crippen molar-refractivity contribution in [2.45, 2.75) is 39.0 Å². The summed E-state index contributed by atoms with van der Waals surface area (Å²) in [5, 5.41) is 3.08. The largest absolute Gasteiger partial charge is 0.493 e. The van der Waals surface area contributed by atoms with Crippen LogP contribution in [0, 0.1) is 11.3 Å². The van der Waals surface area contributed by atoms with Crippen molar-refractivity contribution in [3.8, 4) is 5.75 Å². The van der Waals surface area contributed by atoms with Crippen LogP contribution in [0.5, 0.6) is 5.75 Å². The molecule has 2 aliphatic carbocycles. The summed E-state index contributed by atoms with van der Waals surface area (Å²) in [6, 6.07) is 8.10. The van der Waals surface area contributed by atoms with Gasteiger partial charge in [-0.15, -0.1) is 0 Å². The molecule has 1 aromatic carbocycles. The lowest BCUT2D eigenvalue weighted by molar-refractivity contribution is -0.122. The molecule has 0 unspecified atom stereocenters. The predicted molar refractivity (Wildman–Crippen MR) is 78.7 cm³/mol. The molecule has 108 valence electrons. The van der Waals surface area contributed by atoms with Crippen LogP contribution < -0.4 is 10.1 Å². The van der Waals surface area contributed by atoms with E-state index in [0.29, 0.717) is 17.9 Å². The maximum Gasteiger partial charge on any atom is 0.223 e. The summed E-state index contributed by atoms with van der Waals surface area (Å²) in [6.07, 6.45) is 5.49. The Kier molecular flexibility index (Phi) is 3.68. The van der Waals surface area contributed by atoms with Gasteiger partial charge in [-0.05, 0) is 49.1 Å². The SMILES string of the molecule is CCCOc1ccccc1CCNC(=O)[C@H]1CC12CC2. The van der Waals surface area contributed by atoms with Gasteiger partial charge in [0.1, 0.15) is 5.75 Å². The van der Waals surface area contributed by atoms with Gasteiger partial charge in [0.15, 0.2) is 0 Å². The Morgan fingerprint density at radius 2 is 2.20 bits per heavy atom. The third-order valence-electron chi connectivity index (χ3n) is 4.53. The van der Waals surface area contributed by atoms with Crippen molar-refractivity contribution < 1.29 is 9.53 Å². The van der Waals surface area contributed by atoms with Crippen LogP contribution in [0.2, 0.25) is 0 Å². The van der Waals surface area contributed by atoms with Crippen molar-refractivity contribution in [1.29, 1.82) is 0 Å². The monoisotopic (exact) mass is 273 g/mol. The normalized spacial score (nSPS) is 21.6. The van der Waals surface area contributed by atoms with Gasteiger partial charge < -0.3 is 10.1 Å². The van der Waals surface area contributed by atoms with Crippen molar-refractivity contribution >= 4 is 5.91 Å². The number of rotatable bonds is 7. The van der Waals surface area contributed by atoms with Gasteiger partial charge in [0.25, 0.3) is 0 Å². The Morgan fingerprint density at radius 3 is 2.90 bits per heavy atom. The van der Waals surface area contributed by atoms with Crippen LogP contribution in [0.15, 0.2) is 24.3 Å². The third-order valence-corrected chi connectivity index (χ3v) is 4.53. The summed E-state index contributed by atoms with van der Waals surface area (Å²) in [5.74, 6) is 1.53. The van der Waals surface area contributed by atoms with Crippen molar-refractivity contribution in [1.82, 2.24) is 5.32 Å². The summed E-state index contributed by atoms with van der Waals surface area (Å²) in [6.45, 7) is 3.55. The zero-order chi connectivity index (χ0) is 14.0. The maximum atomic E-state index is 12.0. The second-order valence-electron chi connectivity index (χ2n) is 6.12. The second-order valence-corrected chi connectivity index (χ2v) is 6.12. The van der Waals surface area contributed by atoms with Crippen LogP contribution in [-0.4, -0.2) is 19.1 Å². The van der Waals surface area contributed by atoms with E-state index in [1.54, 1.807) is 0 Å². The maximum absolute atomic E-state index is 12.0. The predicted octanol–water partition coefficient (Wildman–Crippen LogP) is 2.93. The number of carbonyl (C=O) groups excluding carboxylic acids is 1. The second kappa shape index (κ2) is 5.47. The molecule has 1 amide bonds. The standard InChI is InChI=1S/C17H23NO2/c1-2-11-20-15-6-4-3-5-13(15)7-10-18-16(19)14-12-17(14)8-9-17/h3-6,14H,2,7-12H2,1H3,(H,18,19)/t14-/m1/s1. The molecule has 0 saturated heterocycles. The summed E-state index contributed by atoms with van der Waals surface area (Å²) in [4.78, 5) is 12.0. The van der Waals surface area contributed by atoms with E-state index in [1.807, 2.05) is 18.2 Å². The molecule has 1 N–H and O–H groups in total. The molecule has 20 heavy (non-hydrogen) atoms. The fourth-order valence-electron chi connectivity index (χ4n) is 2.94. The number of amides is 1. The van der Waals surface area contributed by atoms with Gasteiger partial charge >= 0.3 is 0 Å². The smallest absolute Gasteiger partial charge is 0.223 e. The van der Waals surface area contributed by atoms with E-state index >= 15 is 0 Å². The fourth-order valence-corrected chi connectivity index (χ4v) is 2.94. The molecular weight excluding hydrogens is 250 g/mol. The van der Waals surface area contributed by atoms with E-state index in [-0.39, 0.29) is 5.91 Å². The zero-order valence-corrected chi connectivity index (χ0v) is 12.2. The van der Waals surface area contributed by atoms with Gasteiger partial charge in [0.05, 0.1) is 6.61 Å². The lowest BCUT2D eigenvalue weighted by atomic mass is 10.1. The molecule has 1 aromatic rings. The van der Waals surface area contributed by atoms with Gasteiger partial charge in [0.2, 0.25) is 5.91 Å². The Balaban J connectivity index is 1.46. The molecule has 3 rings (SSSR count). The molecular formula is C17H23NO2. The van der Waals surface area contributed by atoms with E-state index in [4.69, 9.17) is 4.74 Å². The number of ether oxygens (including phenoxy) is 1. The summed E-state index contributed by atoms with van der Waals surface area (Å²) in [7, 11) is 0.